The van der Waals surface area contributed by atoms with E-state index in [1.165, 1.54) is 6.92 Å². The van der Waals surface area contributed by atoms with E-state index in [0.29, 0.717) is 19.6 Å². The van der Waals surface area contributed by atoms with Gasteiger partial charge in [-0.2, -0.15) is 0 Å². The van der Waals surface area contributed by atoms with Gasteiger partial charge < -0.3 is 19.9 Å². The van der Waals surface area contributed by atoms with Crippen LogP contribution in [-0.2, 0) is 19.1 Å². The van der Waals surface area contributed by atoms with Gasteiger partial charge in [0, 0.05) is 0 Å². The van der Waals surface area contributed by atoms with Gasteiger partial charge in [0.2, 0.25) is 0 Å². The molecule has 1 rings (SSSR count). The van der Waals surface area contributed by atoms with Crippen molar-refractivity contribution in [1.82, 2.24) is 5.32 Å². The van der Waals surface area contributed by atoms with Gasteiger partial charge in [0.1, 0.15) is 5.54 Å². The number of carbonyl (C=O) groups excluding carboxylic acids is 1. The zero-order chi connectivity index (χ0) is 12.2. The van der Waals surface area contributed by atoms with Crippen molar-refractivity contribution in [3.63, 3.8) is 0 Å². The van der Waals surface area contributed by atoms with Crippen molar-refractivity contribution < 1.29 is 24.2 Å². The van der Waals surface area contributed by atoms with Crippen molar-refractivity contribution in [3.05, 3.63) is 0 Å². The maximum atomic E-state index is 11.7. The normalized spacial score (nSPS) is 24.5. The molecule has 92 valence electrons. The third-order valence-corrected chi connectivity index (χ3v) is 2.69. The van der Waals surface area contributed by atoms with Gasteiger partial charge in [-0.1, -0.05) is 6.92 Å². The molecule has 6 heteroatoms. The average molecular weight is 231 g/mol. The second kappa shape index (κ2) is 5.27. The van der Waals surface area contributed by atoms with E-state index in [9.17, 15) is 9.59 Å². The lowest BCUT2D eigenvalue weighted by atomic mass is 9.99. The largest absolute Gasteiger partial charge is 0.480 e. The molecule has 0 aliphatic carbocycles. The van der Waals surface area contributed by atoms with Gasteiger partial charge in [-0.3, -0.25) is 4.79 Å². The highest BCUT2D eigenvalue weighted by Crippen LogP contribution is 2.11. The Kier molecular flexibility index (Phi) is 4.26. The Morgan fingerprint density at radius 2 is 2.19 bits per heavy atom. The molecule has 2 N–H and O–H groups in total. The number of ether oxygens (including phenoxy) is 2. The van der Waals surface area contributed by atoms with Gasteiger partial charge in [0.25, 0.3) is 5.91 Å². The lowest BCUT2D eigenvalue weighted by Crippen LogP contribution is -2.56. The van der Waals surface area contributed by atoms with Crippen LogP contribution in [0.3, 0.4) is 0 Å². The van der Waals surface area contributed by atoms with Crippen LogP contribution < -0.4 is 5.32 Å². The summed E-state index contributed by atoms with van der Waals surface area (Å²) in [5, 5.41) is 11.5. The first-order valence-corrected chi connectivity index (χ1v) is 5.24. The molecule has 1 fully saturated rings. The van der Waals surface area contributed by atoms with E-state index in [2.05, 4.69) is 5.32 Å². The fourth-order valence-corrected chi connectivity index (χ4v) is 1.28. The lowest BCUT2D eigenvalue weighted by molar-refractivity contribution is -0.155. The predicted molar refractivity (Wildman–Crippen MR) is 55.0 cm³/mol. The van der Waals surface area contributed by atoms with E-state index in [4.69, 9.17) is 14.6 Å². The monoisotopic (exact) mass is 231 g/mol. The smallest absolute Gasteiger partial charge is 0.329 e. The summed E-state index contributed by atoms with van der Waals surface area (Å²) in [6.07, 6.45) is -0.402. The van der Waals surface area contributed by atoms with Gasteiger partial charge in [-0.25, -0.2) is 4.79 Å². The van der Waals surface area contributed by atoms with Crippen LogP contribution in [0.2, 0.25) is 0 Å². The summed E-state index contributed by atoms with van der Waals surface area (Å²) in [6, 6.07) is 0. The third kappa shape index (κ3) is 2.93. The van der Waals surface area contributed by atoms with Crippen LogP contribution in [0.15, 0.2) is 0 Å². The molecule has 0 spiro atoms. The van der Waals surface area contributed by atoms with Crippen LogP contribution in [-0.4, -0.2) is 48.4 Å². The molecule has 1 saturated heterocycles. The summed E-state index contributed by atoms with van der Waals surface area (Å²) in [5.74, 6) is -1.49. The lowest BCUT2D eigenvalue weighted by Gasteiger charge is -2.28. The van der Waals surface area contributed by atoms with E-state index in [1.54, 1.807) is 6.92 Å². The molecule has 2 unspecified atom stereocenters. The Morgan fingerprint density at radius 1 is 1.50 bits per heavy atom. The molecular formula is C10H17NO5. The van der Waals surface area contributed by atoms with Crippen LogP contribution >= 0.6 is 0 Å². The van der Waals surface area contributed by atoms with Crippen molar-refractivity contribution in [1.29, 1.82) is 0 Å². The van der Waals surface area contributed by atoms with Crippen LogP contribution in [0.5, 0.6) is 0 Å². The van der Waals surface area contributed by atoms with Gasteiger partial charge in [0.15, 0.2) is 6.10 Å². The number of carboxylic acids is 1. The molecule has 0 radical (unpaired) electrons. The zero-order valence-electron chi connectivity index (χ0n) is 9.49. The summed E-state index contributed by atoms with van der Waals surface area (Å²) >= 11 is 0. The summed E-state index contributed by atoms with van der Waals surface area (Å²) in [6.45, 7) is 4.16. The second-order valence-electron chi connectivity index (χ2n) is 3.91. The predicted octanol–water partition coefficient (Wildman–Crippen LogP) is -0.229. The first-order valence-electron chi connectivity index (χ1n) is 5.24. The Bertz CT molecular complexity index is 274. The highest BCUT2D eigenvalue weighted by molar-refractivity contribution is 5.88. The number of hydrogen-bond acceptors (Lipinski definition) is 4. The quantitative estimate of drug-likeness (QED) is 0.698. The Hall–Kier alpha value is -1.14. The fraction of sp³-hybridized carbons (Fsp3) is 0.800. The molecule has 0 saturated carbocycles. The molecule has 6 nitrogen and oxygen atoms in total. The average Bonchev–Trinajstić information content (AvgIpc) is 2.29. The minimum Gasteiger partial charge on any atom is -0.480 e. The molecule has 2 atom stereocenters. The van der Waals surface area contributed by atoms with Gasteiger partial charge in [-0.15, -0.1) is 0 Å². The number of carboxylic acid groups (broad SMARTS) is 1. The summed E-state index contributed by atoms with van der Waals surface area (Å²) < 4.78 is 10.3. The second-order valence-corrected chi connectivity index (χ2v) is 3.91. The molecule has 0 aromatic carbocycles. The number of hydrogen-bond donors (Lipinski definition) is 2. The number of aliphatic carboxylic acids is 1. The van der Waals surface area contributed by atoms with E-state index in [-0.39, 0.29) is 6.61 Å². The zero-order valence-corrected chi connectivity index (χ0v) is 9.49. The minimum atomic E-state index is -1.25. The van der Waals surface area contributed by atoms with Crippen molar-refractivity contribution in [2.75, 3.05) is 19.8 Å². The SMILES string of the molecule is CCC(C)(NC(=O)C1COCCO1)C(=O)O. The first-order chi connectivity index (χ1) is 7.49. The van der Waals surface area contributed by atoms with E-state index < -0.39 is 23.5 Å². The van der Waals surface area contributed by atoms with Crippen LogP contribution in [0.1, 0.15) is 20.3 Å². The van der Waals surface area contributed by atoms with E-state index in [1.807, 2.05) is 0 Å². The Balaban J connectivity index is 2.57. The first kappa shape index (κ1) is 12.9. The van der Waals surface area contributed by atoms with Gasteiger partial charge >= 0.3 is 5.97 Å². The molecule has 1 aliphatic heterocycles. The third-order valence-electron chi connectivity index (χ3n) is 2.69. The molecule has 1 aliphatic rings. The topological polar surface area (TPSA) is 84.9 Å². The Labute approximate surface area is 93.9 Å². The van der Waals surface area contributed by atoms with Crippen LogP contribution in [0, 0.1) is 0 Å². The van der Waals surface area contributed by atoms with Gasteiger partial charge in [-0.05, 0) is 13.3 Å². The maximum absolute atomic E-state index is 11.7. The molecule has 0 bridgehead atoms. The van der Waals surface area contributed by atoms with Gasteiger partial charge in [0.05, 0.1) is 19.8 Å². The number of nitrogens with one attached hydrogen (secondary N) is 1. The van der Waals surface area contributed by atoms with Crippen molar-refractivity contribution >= 4 is 11.9 Å². The molecular weight excluding hydrogens is 214 g/mol. The van der Waals surface area contributed by atoms with E-state index in [0.717, 1.165) is 0 Å². The molecule has 1 heterocycles. The van der Waals surface area contributed by atoms with E-state index >= 15 is 0 Å². The maximum Gasteiger partial charge on any atom is 0.329 e. The van der Waals surface area contributed by atoms with Crippen LogP contribution in [0.25, 0.3) is 0 Å². The number of carbonyl (C=O) groups is 2. The molecule has 0 aromatic heterocycles. The van der Waals surface area contributed by atoms with Crippen molar-refractivity contribution in [2.24, 2.45) is 0 Å². The standard InChI is InChI=1S/C10H17NO5/c1-3-10(2,9(13)14)11-8(12)7-6-15-4-5-16-7/h7H,3-6H2,1-2H3,(H,11,12)(H,13,14). The highest BCUT2D eigenvalue weighted by Gasteiger charge is 2.35. The summed E-state index contributed by atoms with van der Waals surface area (Å²) in [4.78, 5) is 22.7. The molecule has 1 amide bonds. The van der Waals surface area contributed by atoms with Crippen LogP contribution in [0.4, 0.5) is 0 Å². The number of amides is 1. The fourth-order valence-electron chi connectivity index (χ4n) is 1.28. The molecule has 0 aromatic rings. The minimum absolute atomic E-state index is 0.172. The molecule has 16 heavy (non-hydrogen) atoms. The van der Waals surface area contributed by atoms with Crippen molar-refractivity contribution in [3.8, 4) is 0 Å². The highest BCUT2D eigenvalue weighted by atomic mass is 16.6. The summed E-state index contributed by atoms with van der Waals surface area (Å²) in [5.41, 5.74) is -1.25. The number of rotatable bonds is 4. The van der Waals surface area contributed by atoms with Crippen molar-refractivity contribution in [2.45, 2.75) is 31.9 Å². The summed E-state index contributed by atoms with van der Waals surface area (Å²) in [7, 11) is 0. The Morgan fingerprint density at radius 3 is 2.62 bits per heavy atom.